The number of anilines is 2. The van der Waals surface area contributed by atoms with Crippen LogP contribution < -0.4 is 5.32 Å². The van der Waals surface area contributed by atoms with Gasteiger partial charge in [-0.3, -0.25) is 0 Å². The molecule has 2 rings (SSSR count). The summed E-state index contributed by atoms with van der Waals surface area (Å²) in [4.78, 5) is 7.23. The quantitative estimate of drug-likeness (QED) is 0.866. The van der Waals surface area contributed by atoms with Crippen molar-refractivity contribution in [3.05, 3.63) is 42.2 Å². The average Bonchev–Trinajstić information content (AvgIpc) is 2.28. The van der Waals surface area contributed by atoms with Crippen molar-refractivity contribution in [3.63, 3.8) is 0 Å². The average molecular weight is 255 g/mol. The molecule has 0 unspecified atom stereocenters. The van der Waals surface area contributed by atoms with Gasteiger partial charge in [-0.2, -0.15) is 13.2 Å². The summed E-state index contributed by atoms with van der Waals surface area (Å²) in [5.41, 5.74) is -0.534. The number of benzene rings is 1. The number of halogens is 3. The Morgan fingerprint density at radius 1 is 1.11 bits per heavy atom. The lowest BCUT2D eigenvalue weighted by molar-refractivity contribution is -0.137. The molecule has 0 saturated carbocycles. The van der Waals surface area contributed by atoms with Gasteiger partial charge in [-0.05, 0) is 18.2 Å². The van der Waals surface area contributed by atoms with E-state index in [4.69, 9.17) is 5.11 Å². The van der Waals surface area contributed by atoms with Crippen molar-refractivity contribution in [1.82, 2.24) is 9.97 Å². The van der Waals surface area contributed by atoms with E-state index in [2.05, 4.69) is 15.3 Å². The first kappa shape index (κ1) is 12.2. The van der Waals surface area contributed by atoms with Crippen LogP contribution in [0.2, 0.25) is 0 Å². The molecular formula is C11H8F3N3O. The zero-order valence-electron chi connectivity index (χ0n) is 8.94. The first-order chi connectivity index (χ1) is 8.45. The fourth-order valence-electron chi connectivity index (χ4n) is 1.34. The summed E-state index contributed by atoms with van der Waals surface area (Å²) in [6, 6.07) is 5.89. The monoisotopic (exact) mass is 255 g/mol. The van der Waals surface area contributed by atoms with E-state index in [0.29, 0.717) is 0 Å². The van der Waals surface area contributed by atoms with Crippen molar-refractivity contribution in [3.8, 4) is 5.88 Å². The molecule has 4 nitrogen and oxygen atoms in total. The smallest absolute Gasteiger partial charge is 0.416 e. The van der Waals surface area contributed by atoms with Crippen LogP contribution in [0.15, 0.2) is 36.7 Å². The molecule has 1 aromatic heterocycles. The van der Waals surface area contributed by atoms with Crippen LogP contribution in [-0.2, 0) is 6.18 Å². The standard InChI is InChI=1S/C11H8F3N3O/c12-11(13,14)7-2-1-3-8(4-7)17-9-5-10(18)16-6-15-9/h1-6H,(H2,15,16,17,18). The van der Waals surface area contributed by atoms with E-state index in [-0.39, 0.29) is 17.4 Å². The Hall–Kier alpha value is -2.31. The number of nitrogens with one attached hydrogen (secondary N) is 1. The third-order valence-corrected chi connectivity index (χ3v) is 2.11. The van der Waals surface area contributed by atoms with Crippen molar-refractivity contribution in [1.29, 1.82) is 0 Å². The lowest BCUT2D eigenvalue weighted by Gasteiger charge is -2.09. The van der Waals surface area contributed by atoms with Crippen molar-refractivity contribution in [2.24, 2.45) is 0 Å². The molecule has 0 fully saturated rings. The van der Waals surface area contributed by atoms with Crippen molar-refractivity contribution >= 4 is 11.5 Å². The van der Waals surface area contributed by atoms with Crippen molar-refractivity contribution in [2.45, 2.75) is 6.18 Å². The molecule has 18 heavy (non-hydrogen) atoms. The van der Waals surface area contributed by atoms with E-state index >= 15 is 0 Å². The number of alkyl halides is 3. The lowest BCUT2D eigenvalue weighted by Crippen LogP contribution is -2.05. The van der Waals surface area contributed by atoms with E-state index < -0.39 is 11.7 Å². The Morgan fingerprint density at radius 3 is 2.56 bits per heavy atom. The molecule has 0 amide bonds. The van der Waals surface area contributed by atoms with Gasteiger partial charge in [0, 0.05) is 11.8 Å². The van der Waals surface area contributed by atoms with Crippen LogP contribution in [0.5, 0.6) is 5.88 Å². The summed E-state index contributed by atoms with van der Waals surface area (Å²) in [5, 5.41) is 11.7. The highest BCUT2D eigenvalue weighted by molar-refractivity contribution is 5.57. The Morgan fingerprint density at radius 2 is 1.89 bits per heavy atom. The minimum absolute atomic E-state index is 0.210. The summed E-state index contributed by atoms with van der Waals surface area (Å²) in [6.45, 7) is 0. The Balaban J connectivity index is 2.25. The molecule has 1 heterocycles. The van der Waals surface area contributed by atoms with Crippen LogP contribution in [0.4, 0.5) is 24.7 Å². The Bertz CT molecular complexity index is 557. The molecule has 0 bridgehead atoms. The first-order valence-corrected chi connectivity index (χ1v) is 4.90. The van der Waals surface area contributed by atoms with Gasteiger partial charge in [0.2, 0.25) is 5.88 Å². The number of hydrogen-bond acceptors (Lipinski definition) is 4. The molecule has 7 heteroatoms. The molecule has 0 spiro atoms. The third kappa shape index (κ3) is 2.88. The summed E-state index contributed by atoms with van der Waals surface area (Å²) in [7, 11) is 0. The maximum atomic E-state index is 12.5. The minimum atomic E-state index is -4.40. The van der Waals surface area contributed by atoms with Gasteiger partial charge in [-0.15, -0.1) is 0 Å². The summed E-state index contributed by atoms with van der Waals surface area (Å²) < 4.78 is 37.4. The fraction of sp³-hybridized carbons (Fsp3) is 0.0909. The zero-order valence-corrected chi connectivity index (χ0v) is 8.94. The van der Waals surface area contributed by atoms with E-state index in [9.17, 15) is 13.2 Å². The zero-order chi connectivity index (χ0) is 13.2. The largest absolute Gasteiger partial charge is 0.493 e. The highest BCUT2D eigenvalue weighted by atomic mass is 19.4. The summed E-state index contributed by atoms with van der Waals surface area (Å²) in [5.74, 6) is -0.0544. The number of aromatic hydroxyl groups is 1. The van der Waals surface area contributed by atoms with E-state index in [1.165, 1.54) is 18.2 Å². The van der Waals surface area contributed by atoms with Gasteiger partial charge in [0.05, 0.1) is 5.56 Å². The maximum absolute atomic E-state index is 12.5. The third-order valence-electron chi connectivity index (χ3n) is 2.11. The van der Waals surface area contributed by atoms with Gasteiger partial charge in [-0.25, -0.2) is 9.97 Å². The molecule has 94 valence electrons. The molecule has 1 aromatic carbocycles. The van der Waals surface area contributed by atoms with Crippen molar-refractivity contribution < 1.29 is 18.3 Å². The van der Waals surface area contributed by atoms with E-state index in [0.717, 1.165) is 18.5 Å². The first-order valence-electron chi connectivity index (χ1n) is 4.90. The van der Waals surface area contributed by atoms with Crippen LogP contribution in [0, 0.1) is 0 Å². The number of nitrogens with zero attached hydrogens (tertiary/aromatic N) is 2. The van der Waals surface area contributed by atoms with Gasteiger partial charge in [-0.1, -0.05) is 6.07 Å². The molecule has 0 aliphatic rings. The van der Waals surface area contributed by atoms with Crippen LogP contribution in [0.1, 0.15) is 5.56 Å². The molecule has 0 atom stereocenters. The number of rotatable bonds is 2. The topological polar surface area (TPSA) is 58.0 Å². The Kier molecular flexibility index (Phi) is 3.05. The van der Waals surface area contributed by atoms with Gasteiger partial charge in [0.15, 0.2) is 0 Å². The van der Waals surface area contributed by atoms with Crippen LogP contribution in [-0.4, -0.2) is 15.1 Å². The predicted octanol–water partition coefficient (Wildman–Crippen LogP) is 2.94. The molecule has 0 radical (unpaired) electrons. The second kappa shape index (κ2) is 4.52. The minimum Gasteiger partial charge on any atom is -0.493 e. The molecule has 0 aliphatic carbocycles. The highest BCUT2D eigenvalue weighted by Crippen LogP contribution is 2.31. The highest BCUT2D eigenvalue weighted by Gasteiger charge is 2.30. The van der Waals surface area contributed by atoms with Crippen LogP contribution in [0.25, 0.3) is 0 Å². The summed E-state index contributed by atoms with van der Waals surface area (Å²) in [6.07, 6.45) is -3.29. The summed E-state index contributed by atoms with van der Waals surface area (Å²) >= 11 is 0. The molecule has 0 aliphatic heterocycles. The number of hydrogen-bond donors (Lipinski definition) is 2. The number of aromatic nitrogens is 2. The fourth-order valence-corrected chi connectivity index (χ4v) is 1.34. The van der Waals surface area contributed by atoms with Crippen LogP contribution in [0.3, 0.4) is 0 Å². The maximum Gasteiger partial charge on any atom is 0.416 e. The Labute approximate surface area is 100 Å². The van der Waals surface area contributed by atoms with Gasteiger partial charge < -0.3 is 10.4 Å². The van der Waals surface area contributed by atoms with Crippen molar-refractivity contribution in [2.75, 3.05) is 5.32 Å². The second-order valence-electron chi connectivity index (χ2n) is 3.47. The van der Waals surface area contributed by atoms with Crippen LogP contribution >= 0.6 is 0 Å². The molecule has 2 aromatic rings. The predicted molar refractivity (Wildman–Crippen MR) is 58.4 cm³/mol. The molecule has 0 saturated heterocycles. The lowest BCUT2D eigenvalue weighted by atomic mass is 10.2. The second-order valence-corrected chi connectivity index (χ2v) is 3.47. The molecular weight excluding hydrogens is 247 g/mol. The van der Waals surface area contributed by atoms with E-state index in [1.54, 1.807) is 0 Å². The van der Waals surface area contributed by atoms with E-state index in [1.807, 2.05) is 0 Å². The normalized spacial score (nSPS) is 11.3. The van der Waals surface area contributed by atoms with Gasteiger partial charge >= 0.3 is 6.18 Å². The van der Waals surface area contributed by atoms with Gasteiger partial charge in [0.1, 0.15) is 12.1 Å². The van der Waals surface area contributed by atoms with Gasteiger partial charge in [0.25, 0.3) is 0 Å². The SMILES string of the molecule is Oc1cc(Nc2cccc(C(F)(F)F)c2)ncn1. The molecule has 2 N–H and O–H groups in total.